The monoisotopic (exact) mass is 515 g/mol. The van der Waals surface area contributed by atoms with E-state index in [4.69, 9.17) is 9.72 Å². The molecular formula is C34H33N3O2. The Morgan fingerprint density at radius 2 is 1.54 bits per heavy atom. The average molecular weight is 516 g/mol. The summed E-state index contributed by atoms with van der Waals surface area (Å²) in [5, 5.41) is 13.6. The summed E-state index contributed by atoms with van der Waals surface area (Å²) < 4.78 is 8.72. The molecule has 3 aromatic carbocycles. The maximum absolute atomic E-state index is 10.4. The molecule has 0 aliphatic heterocycles. The second kappa shape index (κ2) is 8.84. The molecule has 0 saturated heterocycles. The van der Waals surface area contributed by atoms with Crippen molar-refractivity contribution in [3.63, 3.8) is 0 Å². The van der Waals surface area contributed by atoms with Gasteiger partial charge in [0.1, 0.15) is 22.8 Å². The lowest BCUT2D eigenvalue weighted by Crippen LogP contribution is -2.13. The number of phenolic OH excluding ortho intramolecular Hbond substituents is 1. The molecule has 3 aromatic heterocycles. The van der Waals surface area contributed by atoms with Crippen LogP contribution >= 0.6 is 0 Å². The Hall–Kier alpha value is -4.38. The van der Waals surface area contributed by atoms with Crippen molar-refractivity contribution in [1.29, 1.82) is 0 Å². The third-order valence-corrected chi connectivity index (χ3v) is 7.31. The Labute approximate surface area is 228 Å². The summed E-state index contributed by atoms with van der Waals surface area (Å²) in [7, 11) is 0. The number of phenols is 1. The molecule has 0 amide bonds. The van der Waals surface area contributed by atoms with Crippen molar-refractivity contribution in [2.75, 3.05) is 0 Å². The number of pyridine rings is 2. The van der Waals surface area contributed by atoms with Gasteiger partial charge in [0.15, 0.2) is 0 Å². The molecular weight excluding hydrogens is 482 g/mol. The highest BCUT2D eigenvalue weighted by Crippen LogP contribution is 2.42. The molecule has 3 heterocycles. The van der Waals surface area contributed by atoms with E-state index < -0.39 is 0 Å². The summed E-state index contributed by atoms with van der Waals surface area (Å²) in [4.78, 5) is 9.35. The zero-order valence-corrected chi connectivity index (χ0v) is 23.3. The lowest BCUT2D eigenvalue weighted by atomic mass is 9.84. The van der Waals surface area contributed by atoms with Crippen molar-refractivity contribution < 1.29 is 9.84 Å². The normalized spacial score (nSPS) is 12.5. The number of hydrogen-bond acceptors (Lipinski definition) is 4. The third kappa shape index (κ3) is 4.38. The second-order valence-electron chi connectivity index (χ2n) is 12.2. The summed E-state index contributed by atoms with van der Waals surface area (Å²) in [6.07, 6.45) is 1.82. The SMILES string of the molecule is CC(C)(C)c1ccc2c(c1)c1cc(C(C)(C)C)c(Oc3ccc4cccc(O)c4n3)cc1n2-c1ccccn1. The standard InChI is InChI=1S/C34H33N3O2/c1-33(2,3)22-14-15-26-23(18-22)24-19-25(34(4,5)6)29(20-27(24)37(26)30-12-7-8-17-35-30)39-31-16-13-21-10-9-11-28(38)32(21)36-31/h7-20,38H,1-6H3. The van der Waals surface area contributed by atoms with Crippen LogP contribution in [0, 0.1) is 0 Å². The Morgan fingerprint density at radius 3 is 2.26 bits per heavy atom. The number of fused-ring (bicyclic) bond motifs is 4. The third-order valence-electron chi connectivity index (χ3n) is 7.31. The topological polar surface area (TPSA) is 60.2 Å². The second-order valence-corrected chi connectivity index (χ2v) is 12.2. The van der Waals surface area contributed by atoms with E-state index >= 15 is 0 Å². The Balaban J connectivity index is 1.64. The smallest absolute Gasteiger partial charge is 0.219 e. The number of aromatic nitrogens is 3. The van der Waals surface area contributed by atoms with E-state index in [1.54, 1.807) is 6.07 Å². The minimum absolute atomic E-state index is 0.0246. The minimum Gasteiger partial charge on any atom is -0.506 e. The quantitative estimate of drug-likeness (QED) is 0.256. The van der Waals surface area contributed by atoms with E-state index in [1.165, 1.54) is 10.9 Å². The van der Waals surface area contributed by atoms with Crippen LogP contribution in [0.15, 0.2) is 85.1 Å². The molecule has 0 atom stereocenters. The average Bonchev–Trinajstić information content (AvgIpc) is 3.21. The molecule has 0 unspecified atom stereocenters. The molecule has 0 saturated carbocycles. The molecule has 5 nitrogen and oxygen atoms in total. The first-order chi connectivity index (χ1) is 18.5. The maximum Gasteiger partial charge on any atom is 0.219 e. The number of para-hydroxylation sites is 1. The molecule has 0 radical (unpaired) electrons. The number of rotatable bonds is 3. The van der Waals surface area contributed by atoms with Gasteiger partial charge in [-0.1, -0.05) is 65.8 Å². The fraction of sp³-hybridized carbons (Fsp3) is 0.235. The molecule has 6 rings (SSSR count). The first-order valence-electron chi connectivity index (χ1n) is 13.3. The van der Waals surface area contributed by atoms with Gasteiger partial charge in [-0.25, -0.2) is 9.97 Å². The van der Waals surface area contributed by atoms with Gasteiger partial charge in [-0.15, -0.1) is 0 Å². The van der Waals surface area contributed by atoms with Gasteiger partial charge in [-0.2, -0.15) is 0 Å². The Kier molecular flexibility index (Phi) is 5.65. The molecule has 0 spiro atoms. The number of nitrogens with zero attached hydrogens (tertiary/aromatic N) is 3. The number of benzene rings is 3. The summed E-state index contributed by atoms with van der Waals surface area (Å²) in [5.41, 5.74) is 4.83. The molecule has 39 heavy (non-hydrogen) atoms. The van der Waals surface area contributed by atoms with Gasteiger partial charge >= 0.3 is 0 Å². The molecule has 6 aromatic rings. The molecule has 1 N–H and O–H groups in total. The summed E-state index contributed by atoms with van der Waals surface area (Å²) in [5.74, 6) is 2.15. The van der Waals surface area contributed by atoms with Gasteiger partial charge in [-0.3, -0.25) is 4.57 Å². The molecule has 196 valence electrons. The van der Waals surface area contributed by atoms with E-state index in [2.05, 4.69) is 81.4 Å². The van der Waals surface area contributed by atoms with Gasteiger partial charge < -0.3 is 9.84 Å². The largest absolute Gasteiger partial charge is 0.506 e. The van der Waals surface area contributed by atoms with Crippen LogP contribution in [0.3, 0.4) is 0 Å². The van der Waals surface area contributed by atoms with Crippen molar-refractivity contribution in [3.8, 4) is 23.2 Å². The Morgan fingerprint density at radius 1 is 0.744 bits per heavy atom. The highest BCUT2D eigenvalue weighted by atomic mass is 16.5. The highest BCUT2D eigenvalue weighted by Gasteiger charge is 2.25. The van der Waals surface area contributed by atoms with Crippen molar-refractivity contribution in [3.05, 3.63) is 96.2 Å². The summed E-state index contributed by atoms with van der Waals surface area (Å²) >= 11 is 0. The van der Waals surface area contributed by atoms with E-state index in [0.717, 1.165) is 38.9 Å². The zero-order valence-electron chi connectivity index (χ0n) is 23.3. The van der Waals surface area contributed by atoms with Crippen LogP contribution in [0.1, 0.15) is 52.7 Å². The predicted octanol–water partition coefficient (Wildman–Crippen LogP) is 8.82. The lowest BCUT2D eigenvalue weighted by Gasteiger charge is -2.23. The van der Waals surface area contributed by atoms with Gasteiger partial charge in [0.05, 0.1) is 11.0 Å². The molecule has 0 bridgehead atoms. The van der Waals surface area contributed by atoms with E-state index in [1.807, 2.05) is 48.7 Å². The van der Waals surface area contributed by atoms with E-state index in [9.17, 15) is 5.11 Å². The number of aromatic hydroxyl groups is 1. The first kappa shape index (κ1) is 24.9. The van der Waals surface area contributed by atoms with Crippen LogP contribution < -0.4 is 4.74 Å². The van der Waals surface area contributed by atoms with Gasteiger partial charge in [-0.05, 0) is 58.9 Å². The van der Waals surface area contributed by atoms with Gasteiger partial charge in [0.2, 0.25) is 5.88 Å². The van der Waals surface area contributed by atoms with Crippen LogP contribution in [-0.4, -0.2) is 19.6 Å². The van der Waals surface area contributed by atoms with Crippen molar-refractivity contribution >= 4 is 32.7 Å². The molecule has 0 fully saturated rings. The van der Waals surface area contributed by atoms with Crippen molar-refractivity contribution in [1.82, 2.24) is 14.5 Å². The number of hydrogen-bond donors (Lipinski definition) is 1. The van der Waals surface area contributed by atoms with Crippen LogP contribution in [-0.2, 0) is 10.8 Å². The lowest BCUT2D eigenvalue weighted by molar-refractivity contribution is 0.440. The van der Waals surface area contributed by atoms with E-state index in [-0.39, 0.29) is 16.6 Å². The molecule has 0 aliphatic carbocycles. The maximum atomic E-state index is 10.4. The van der Waals surface area contributed by atoms with Gasteiger partial charge in [0, 0.05) is 40.1 Å². The van der Waals surface area contributed by atoms with Crippen LogP contribution in [0.25, 0.3) is 38.5 Å². The minimum atomic E-state index is -0.191. The Bertz CT molecular complexity index is 1860. The number of ether oxygens (including phenoxy) is 1. The van der Waals surface area contributed by atoms with Crippen molar-refractivity contribution in [2.45, 2.75) is 52.4 Å². The van der Waals surface area contributed by atoms with E-state index in [0.29, 0.717) is 11.4 Å². The fourth-order valence-electron chi connectivity index (χ4n) is 5.20. The van der Waals surface area contributed by atoms with Crippen LogP contribution in [0.5, 0.6) is 17.4 Å². The van der Waals surface area contributed by atoms with Gasteiger partial charge in [0.25, 0.3) is 0 Å². The summed E-state index contributed by atoms with van der Waals surface area (Å²) in [6.45, 7) is 13.3. The van der Waals surface area contributed by atoms with Crippen molar-refractivity contribution in [2.24, 2.45) is 0 Å². The first-order valence-corrected chi connectivity index (χ1v) is 13.3. The van der Waals surface area contributed by atoms with Crippen LogP contribution in [0.2, 0.25) is 0 Å². The zero-order chi connectivity index (χ0) is 27.5. The van der Waals surface area contributed by atoms with Crippen LogP contribution in [0.4, 0.5) is 0 Å². The molecule has 5 heteroatoms. The predicted molar refractivity (Wildman–Crippen MR) is 159 cm³/mol. The molecule has 0 aliphatic rings. The highest BCUT2D eigenvalue weighted by molar-refractivity contribution is 6.10. The summed E-state index contributed by atoms with van der Waals surface area (Å²) in [6, 6.07) is 26.2. The fourth-order valence-corrected chi connectivity index (χ4v) is 5.20.